The Kier molecular flexibility index (Phi) is 6.77. The maximum atomic E-state index is 13.3. The number of methoxy groups -OCH3 is 2. The van der Waals surface area contributed by atoms with Crippen molar-refractivity contribution in [1.29, 1.82) is 0 Å². The highest BCUT2D eigenvalue weighted by Gasteiger charge is 2.32. The Bertz CT molecular complexity index is 1110. The molecule has 0 saturated heterocycles. The second kappa shape index (κ2) is 10.1. The molecule has 35 heavy (non-hydrogen) atoms. The van der Waals surface area contributed by atoms with Gasteiger partial charge in [-0.05, 0) is 72.9 Å². The molecule has 1 heterocycles. The number of esters is 2. The van der Waals surface area contributed by atoms with Crippen LogP contribution in [0.3, 0.4) is 0 Å². The molecule has 5 rings (SSSR count). The molecule has 2 aliphatic carbocycles. The van der Waals surface area contributed by atoms with Gasteiger partial charge in [-0.2, -0.15) is 0 Å². The first-order chi connectivity index (χ1) is 17.1. The third kappa shape index (κ3) is 5.35. The molecule has 0 aliphatic heterocycles. The number of hydrogen-bond donors (Lipinski definition) is 0. The summed E-state index contributed by atoms with van der Waals surface area (Å²) in [6, 6.07) is 14.9. The predicted molar refractivity (Wildman–Crippen MR) is 134 cm³/mol. The number of carbonyl (C=O) groups excluding carboxylic acids is 2. The lowest BCUT2D eigenvalue weighted by Gasteiger charge is -2.11. The molecule has 6 nitrogen and oxygen atoms in total. The SMILES string of the molecule is COc1ccc(-c2c(C(=O)OCC3CC3)sc(C(=O)OCC3CC3)c2-c2ccc(OC)cc2)cc1. The summed E-state index contributed by atoms with van der Waals surface area (Å²) in [7, 11) is 3.22. The van der Waals surface area contributed by atoms with Crippen LogP contribution >= 0.6 is 11.3 Å². The third-order valence-electron chi connectivity index (χ3n) is 6.33. The van der Waals surface area contributed by atoms with Crippen LogP contribution in [-0.2, 0) is 9.47 Å². The van der Waals surface area contributed by atoms with E-state index >= 15 is 0 Å². The molecule has 0 spiro atoms. The fraction of sp³-hybridized carbons (Fsp3) is 0.357. The van der Waals surface area contributed by atoms with Crippen molar-refractivity contribution in [1.82, 2.24) is 0 Å². The van der Waals surface area contributed by atoms with Gasteiger partial charge in [0.2, 0.25) is 0 Å². The highest BCUT2D eigenvalue weighted by atomic mass is 32.1. The normalized spacial score (nSPS) is 14.9. The lowest BCUT2D eigenvalue weighted by molar-refractivity contribution is 0.0486. The fourth-order valence-corrected chi connectivity index (χ4v) is 5.00. The molecule has 0 atom stereocenters. The average molecular weight is 493 g/mol. The van der Waals surface area contributed by atoms with Gasteiger partial charge in [-0.1, -0.05) is 24.3 Å². The van der Waals surface area contributed by atoms with E-state index in [1.807, 2.05) is 48.5 Å². The summed E-state index contributed by atoms with van der Waals surface area (Å²) in [5.41, 5.74) is 2.93. The Morgan fingerprint density at radius 1 is 0.686 bits per heavy atom. The summed E-state index contributed by atoms with van der Waals surface area (Å²) >= 11 is 1.14. The zero-order chi connectivity index (χ0) is 24.4. The first-order valence-electron chi connectivity index (χ1n) is 11.9. The fourth-order valence-electron chi connectivity index (χ4n) is 3.87. The quantitative estimate of drug-likeness (QED) is 0.312. The van der Waals surface area contributed by atoms with Gasteiger partial charge < -0.3 is 18.9 Å². The van der Waals surface area contributed by atoms with Gasteiger partial charge in [0.05, 0.1) is 27.4 Å². The molecule has 0 bridgehead atoms. The summed E-state index contributed by atoms with van der Waals surface area (Å²) in [6.45, 7) is 0.802. The Balaban J connectivity index is 1.63. The number of rotatable bonds is 10. The van der Waals surface area contributed by atoms with Crippen LogP contribution in [0.5, 0.6) is 11.5 Å². The van der Waals surface area contributed by atoms with Gasteiger partial charge >= 0.3 is 11.9 Å². The van der Waals surface area contributed by atoms with Crippen LogP contribution in [0.15, 0.2) is 48.5 Å². The highest BCUT2D eigenvalue weighted by Crippen LogP contribution is 2.45. The van der Waals surface area contributed by atoms with Crippen molar-refractivity contribution in [2.45, 2.75) is 25.7 Å². The van der Waals surface area contributed by atoms with Gasteiger partial charge in [0.1, 0.15) is 21.3 Å². The first-order valence-corrected chi connectivity index (χ1v) is 12.7. The van der Waals surface area contributed by atoms with Crippen LogP contribution in [-0.4, -0.2) is 39.4 Å². The van der Waals surface area contributed by atoms with E-state index in [1.165, 1.54) is 0 Å². The van der Waals surface area contributed by atoms with Crippen molar-refractivity contribution in [2.24, 2.45) is 11.8 Å². The maximum Gasteiger partial charge on any atom is 0.349 e. The van der Waals surface area contributed by atoms with Crippen molar-refractivity contribution >= 4 is 23.3 Å². The molecule has 0 radical (unpaired) electrons. The number of thiophene rings is 1. The Morgan fingerprint density at radius 3 is 1.37 bits per heavy atom. The predicted octanol–water partition coefficient (Wildman–Crippen LogP) is 6.23. The second-order valence-corrected chi connectivity index (χ2v) is 10.1. The molecule has 182 valence electrons. The van der Waals surface area contributed by atoms with Crippen LogP contribution in [0.1, 0.15) is 45.0 Å². The molecule has 0 unspecified atom stereocenters. The lowest BCUT2D eigenvalue weighted by Crippen LogP contribution is -2.07. The highest BCUT2D eigenvalue weighted by molar-refractivity contribution is 7.17. The van der Waals surface area contributed by atoms with E-state index in [2.05, 4.69) is 0 Å². The molecular formula is C28H28O6S. The summed E-state index contributed by atoms with van der Waals surface area (Å²) in [6.07, 6.45) is 4.33. The number of benzene rings is 2. The summed E-state index contributed by atoms with van der Waals surface area (Å²) in [5.74, 6) is 1.46. The zero-order valence-corrected chi connectivity index (χ0v) is 20.7. The van der Waals surface area contributed by atoms with Crippen molar-refractivity contribution in [3.05, 3.63) is 58.3 Å². The Morgan fingerprint density at radius 2 is 1.06 bits per heavy atom. The van der Waals surface area contributed by atoms with E-state index in [9.17, 15) is 9.59 Å². The maximum absolute atomic E-state index is 13.3. The second-order valence-electron chi connectivity index (χ2n) is 9.05. The molecule has 1 aromatic heterocycles. The standard InChI is InChI=1S/C28H28O6S/c1-31-21-11-7-19(8-12-21)23-24(20-9-13-22(32-2)14-10-20)26(28(30)34-16-18-5-6-18)35-25(23)27(29)33-15-17-3-4-17/h7-14,17-18H,3-6,15-16H2,1-2H3. The topological polar surface area (TPSA) is 71.1 Å². The molecule has 2 aliphatic rings. The van der Waals surface area contributed by atoms with Gasteiger partial charge in [0.15, 0.2) is 0 Å². The zero-order valence-electron chi connectivity index (χ0n) is 19.9. The molecule has 3 aromatic rings. The van der Waals surface area contributed by atoms with Crippen LogP contribution in [0, 0.1) is 11.8 Å². The van der Waals surface area contributed by atoms with Crippen molar-refractivity contribution < 1.29 is 28.5 Å². The number of hydrogen-bond acceptors (Lipinski definition) is 7. The number of carbonyl (C=O) groups is 2. The lowest BCUT2D eigenvalue weighted by atomic mass is 9.94. The van der Waals surface area contributed by atoms with Gasteiger partial charge in [0, 0.05) is 11.1 Å². The van der Waals surface area contributed by atoms with E-state index in [0.29, 0.717) is 57.4 Å². The van der Waals surface area contributed by atoms with Gasteiger partial charge in [-0.15, -0.1) is 11.3 Å². The average Bonchev–Trinajstić information content (AvgIpc) is 3.83. The van der Waals surface area contributed by atoms with E-state index in [1.54, 1.807) is 14.2 Å². The molecule has 0 amide bonds. The largest absolute Gasteiger partial charge is 0.497 e. The minimum absolute atomic E-state index is 0.401. The Labute approximate surface area is 208 Å². The minimum atomic E-state index is -0.413. The summed E-state index contributed by atoms with van der Waals surface area (Å²) in [5, 5.41) is 0. The van der Waals surface area contributed by atoms with Gasteiger partial charge in [-0.3, -0.25) is 0 Å². The van der Waals surface area contributed by atoms with Crippen LogP contribution in [0.2, 0.25) is 0 Å². The van der Waals surface area contributed by atoms with Crippen molar-refractivity contribution in [2.75, 3.05) is 27.4 Å². The van der Waals surface area contributed by atoms with E-state index < -0.39 is 11.9 Å². The molecule has 2 aromatic carbocycles. The van der Waals surface area contributed by atoms with E-state index in [0.717, 1.165) is 48.1 Å². The van der Waals surface area contributed by atoms with Crippen LogP contribution in [0.25, 0.3) is 22.3 Å². The molecule has 2 fully saturated rings. The summed E-state index contributed by atoms with van der Waals surface area (Å²) in [4.78, 5) is 27.4. The monoisotopic (exact) mass is 492 g/mol. The van der Waals surface area contributed by atoms with Crippen molar-refractivity contribution in [3.63, 3.8) is 0 Å². The van der Waals surface area contributed by atoms with Gasteiger partial charge in [-0.25, -0.2) is 9.59 Å². The Hall–Kier alpha value is -3.32. The first kappa shape index (κ1) is 23.4. The van der Waals surface area contributed by atoms with Crippen LogP contribution < -0.4 is 9.47 Å². The molecule has 2 saturated carbocycles. The molecular weight excluding hydrogens is 464 g/mol. The molecule has 0 N–H and O–H groups in total. The van der Waals surface area contributed by atoms with Gasteiger partial charge in [0.25, 0.3) is 0 Å². The number of ether oxygens (including phenoxy) is 4. The van der Waals surface area contributed by atoms with E-state index in [4.69, 9.17) is 18.9 Å². The summed E-state index contributed by atoms with van der Waals surface area (Å²) < 4.78 is 22.0. The third-order valence-corrected chi connectivity index (χ3v) is 7.48. The minimum Gasteiger partial charge on any atom is -0.497 e. The van der Waals surface area contributed by atoms with Crippen LogP contribution in [0.4, 0.5) is 0 Å². The molecule has 7 heteroatoms. The van der Waals surface area contributed by atoms with E-state index in [-0.39, 0.29) is 0 Å². The van der Waals surface area contributed by atoms with Crippen molar-refractivity contribution in [3.8, 4) is 33.8 Å². The smallest absolute Gasteiger partial charge is 0.349 e.